The fourth-order valence-corrected chi connectivity index (χ4v) is 2.77. The van der Waals surface area contributed by atoms with Gasteiger partial charge in [0, 0.05) is 18.1 Å². The molecule has 1 saturated carbocycles. The predicted molar refractivity (Wildman–Crippen MR) is 85.0 cm³/mol. The Bertz CT molecular complexity index is 604. The van der Waals surface area contributed by atoms with Gasteiger partial charge in [0.25, 0.3) is 0 Å². The summed E-state index contributed by atoms with van der Waals surface area (Å²) in [5, 5.41) is 7.06. The van der Waals surface area contributed by atoms with Crippen molar-refractivity contribution in [1.29, 1.82) is 0 Å². The second-order valence-electron chi connectivity index (χ2n) is 5.62. The van der Waals surface area contributed by atoms with Crippen LogP contribution in [0.5, 0.6) is 0 Å². The van der Waals surface area contributed by atoms with E-state index in [1.807, 2.05) is 36.5 Å². The third-order valence-electron chi connectivity index (χ3n) is 3.90. The van der Waals surface area contributed by atoms with Gasteiger partial charge in [-0.15, -0.1) is 0 Å². The molecule has 1 aliphatic carbocycles. The number of carbonyl (C=O) groups excluding carboxylic acids is 1. The average Bonchev–Trinajstić information content (AvgIpc) is 3.09. The third kappa shape index (κ3) is 3.95. The molecule has 1 aromatic heterocycles. The summed E-state index contributed by atoms with van der Waals surface area (Å²) < 4.78 is 7.45. The van der Waals surface area contributed by atoms with E-state index in [0.717, 1.165) is 24.2 Å². The van der Waals surface area contributed by atoms with Gasteiger partial charge in [0.15, 0.2) is 0 Å². The van der Waals surface area contributed by atoms with Crippen LogP contribution in [0.2, 0.25) is 0 Å². The largest absolute Gasteiger partial charge is 0.368 e. The molecule has 0 unspecified atom stereocenters. The number of aromatic nitrogens is 2. The molecule has 1 fully saturated rings. The van der Waals surface area contributed by atoms with Gasteiger partial charge in [-0.25, -0.2) is 4.68 Å². The van der Waals surface area contributed by atoms with Crippen molar-refractivity contribution in [2.75, 3.05) is 11.9 Å². The molecule has 0 saturated heterocycles. The molecular weight excluding hydrogens is 278 g/mol. The monoisotopic (exact) mass is 299 g/mol. The van der Waals surface area contributed by atoms with Crippen LogP contribution < -0.4 is 5.32 Å². The van der Waals surface area contributed by atoms with E-state index in [9.17, 15) is 4.79 Å². The van der Waals surface area contributed by atoms with E-state index in [2.05, 4.69) is 10.4 Å². The van der Waals surface area contributed by atoms with Gasteiger partial charge >= 0.3 is 0 Å². The summed E-state index contributed by atoms with van der Waals surface area (Å²) in [7, 11) is 0. The van der Waals surface area contributed by atoms with Gasteiger partial charge in [-0.2, -0.15) is 5.10 Å². The minimum absolute atomic E-state index is 0.108. The molecule has 0 atom stereocenters. The second-order valence-corrected chi connectivity index (χ2v) is 5.62. The fraction of sp³-hybridized carbons (Fsp3) is 0.412. The maximum Gasteiger partial charge on any atom is 0.250 e. The molecule has 116 valence electrons. The van der Waals surface area contributed by atoms with E-state index in [0.29, 0.717) is 0 Å². The number of nitrogens with one attached hydrogen (secondary N) is 1. The molecular formula is C17H21N3O2. The van der Waals surface area contributed by atoms with E-state index >= 15 is 0 Å². The quantitative estimate of drug-likeness (QED) is 0.922. The lowest BCUT2D eigenvalue weighted by Gasteiger charge is -2.21. The first-order valence-corrected chi connectivity index (χ1v) is 7.83. The third-order valence-corrected chi connectivity index (χ3v) is 3.90. The zero-order valence-electron chi connectivity index (χ0n) is 12.6. The van der Waals surface area contributed by atoms with Gasteiger partial charge in [-0.05, 0) is 37.1 Å². The van der Waals surface area contributed by atoms with Gasteiger partial charge in [0.1, 0.15) is 6.61 Å². The van der Waals surface area contributed by atoms with Crippen LogP contribution in [0.15, 0.2) is 42.7 Å². The Morgan fingerprint density at radius 1 is 1.27 bits per heavy atom. The highest BCUT2D eigenvalue weighted by Gasteiger charge is 2.15. The molecule has 22 heavy (non-hydrogen) atoms. The van der Waals surface area contributed by atoms with Crippen LogP contribution in [0.4, 0.5) is 5.69 Å². The zero-order chi connectivity index (χ0) is 15.2. The van der Waals surface area contributed by atoms with Crippen molar-refractivity contribution in [2.45, 2.75) is 38.2 Å². The van der Waals surface area contributed by atoms with Crippen molar-refractivity contribution < 1.29 is 9.53 Å². The van der Waals surface area contributed by atoms with Gasteiger partial charge < -0.3 is 10.1 Å². The molecule has 1 aromatic carbocycles. The van der Waals surface area contributed by atoms with Crippen molar-refractivity contribution in [3.8, 4) is 5.69 Å². The Morgan fingerprint density at radius 2 is 2.14 bits per heavy atom. The number of rotatable bonds is 5. The molecule has 0 spiro atoms. The molecule has 0 aliphatic heterocycles. The molecule has 2 aromatic rings. The number of hydrogen-bond donors (Lipinski definition) is 1. The highest BCUT2D eigenvalue weighted by molar-refractivity contribution is 5.91. The molecule has 1 heterocycles. The Morgan fingerprint density at radius 3 is 2.91 bits per heavy atom. The van der Waals surface area contributed by atoms with Gasteiger partial charge in [-0.3, -0.25) is 4.79 Å². The lowest BCUT2D eigenvalue weighted by molar-refractivity contribution is -0.123. The van der Waals surface area contributed by atoms with Crippen LogP contribution in [0.1, 0.15) is 32.1 Å². The number of benzene rings is 1. The van der Waals surface area contributed by atoms with E-state index in [4.69, 9.17) is 4.74 Å². The molecule has 0 bridgehead atoms. The number of carbonyl (C=O) groups is 1. The van der Waals surface area contributed by atoms with Crippen molar-refractivity contribution in [3.63, 3.8) is 0 Å². The summed E-state index contributed by atoms with van der Waals surface area (Å²) in [6, 6.07) is 9.47. The van der Waals surface area contributed by atoms with Crippen molar-refractivity contribution >= 4 is 11.6 Å². The highest BCUT2D eigenvalue weighted by atomic mass is 16.5. The van der Waals surface area contributed by atoms with Crippen molar-refractivity contribution in [3.05, 3.63) is 42.7 Å². The molecule has 5 heteroatoms. The highest BCUT2D eigenvalue weighted by Crippen LogP contribution is 2.20. The van der Waals surface area contributed by atoms with Crippen LogP contribution in [0.3, 0.4) is 0 Å². The molecule has 3 rings (SSSR count). The van der Waals surface area contributed by atoms with Crippen LogP contribution in [-0.2, 0) is 9.53 Å². The van der Waals surface area contributed by atoms with Gasteiger partial charge in [-0.1, -0.05) is 25.3 Å². The first-order valence-electron chi connectivity index (χ1n) is 7.83. The summed E-state index contributed by atoms with van der Waals surface area (Å²) >= 11 is 0. The first-order chi connectivity index (χ1) is 10.8. The topological polar surface area (TPSA) is 56.1 Å². The van der Waals surface area contributed by atoms with Crippen molar-refractivity contribution in [1.82, 2.24) is 9.78 Å². The predicted octanol–water partition coefficient (Wildman–Crippen LogP) is 3.16. The standard InChI is InChI=1S/C17H21N3O2/c21-17(13-22-16-8-2-1-3-9-16)19-14-6-4-7-15(12-14)20-11-5-10-18-20/h4-7,10-12,16H,1-3,8-9,13H2,(H,19,21). The fourth-order valence-electron chi connectivity index (χ4n) is 2.77. The van der Waals surface area contributed by atoms with Crippen LogP contribution in [0.25, 0.3) is 5.69 Å². The smallest absolute Gasteiger partial charge is 0.250 e. The van der Waals surface area contributed by atoms with Crippen LogP contribution >= 0.6 is 0 Å². The number of nitrogens with zero attached hydrogens (tertiary/aromatic N) is 2. The number of ether oxygens (including phenoxy) is 1. The summed E-state index contributed by atoms with van der Waals surface area (Å²) in [5.41, 5.74) is 1.67. The van der Waals surface area contributed by atoms with Gasteiger partial charge in [0.05, 0.1) is 11.8 Å². The van der Waals surface area contributed by atoms with Crippen LogP contribution in [-0.4, -0.2) is 28.4 Å². The minimum atomic E-state index is -0.108. The second kappa shape index (κ2) is 7.22. The Hall–Kier alpha value is -2.14. The van der Waals surface area contributed by atoms with Gasteiger partial charge in [0.2, 0.25) is 5.91 Å². The summed E-state index contributed by atoms with van der Waals surface area (Å²) in [5.74, 6) is -0.108. The minimum Gasteiger partial charge on any atom is -0.368 e. The SMILES string of the molecule is O=C(COC1CCCCC1)Nc1cccc(-n2cccn2)c1. The number of anilines is 1. The zero-order valence-corrected chi connectivity index (χ0v) is 12.6. The normalized spacial score (nSPS) is 15.6. The van der Waals surface area contributed by atoms with E-state index < -0.39 is 0 Å². The molecule has 5 nitrogen and oxygen atoms in total. The Balaban J connectivity index is 1.54. The number of hydrogen-bond acceptors (Lipinski definition) is 3. The van der Waals surface area contributed by atoms with E-state index in [-0.39, 0.29) is 18.6 Å². The average molecular weight is 299 g/mol. The molecule has 1 aliphatic rings. The number of amides is 1. The summed E-state index contributed by atoms with van der Waals surface area (Å²) in [4.78, 5) is 12.0. The van der Waals surface area contributed by atoms with E-state index in [1.54, 1.807) is 10.9 Å². The summed E-state index contributed by atoms with van der Waals surface area (Å²) in [6.07, 6.45) is 9.68. The Kier molecular flexibility index (Phi) is 4.85. The molecule has 0 radical (unpaired) electrons. The summed E-state index contributed by atoms with van der Waals surface area (Å²) in [6.45, 7) is 0.122. The van der Waals surface area contributed by atoms with E-state index in [1.165, 1.54) is 19.3 Å². The first kappa shape index (κ1) is 14.8. The van der Waals surface area contributed by atoms with Crippen LogP contribution in [0, 0.1) is 0 Å². The Labute approximate surface area is 130 Å². The maximum absolute atomic E-state index is 12.0. The van der Waals surface area contributed by atoms with Crippen molar-refractivity contribution in [2.24, 2.45) is 0 Å². The lowest BCUT2D eigenvalue weighted by Crippen LogP contribution is -2.24. The molecule has 1 amide bonds. The lowest BCUT2D eigenvalue weighted by atomic mass is 9.98. The maximum atomic E-state index is 12.0. The molecule has 1 N–H and O–H groups in total.